The second-order valence-electron chi connectivity index (χ2n) is 7.00. The van der Waals surface area contributed by atoms with Gasteiger partial charge in [-0.05, 0) is 11.6 Å². The number of rotatable bonds is 2. The van der Waals surface area contributed by atoms with Gasteiger partial charge in [0.15, 0.2) is 0 Å². The van der Waals surface area contributed by atoms with Gasteiger partial charge in [0.05, 0.1) is 0 Å². The number of nitrogens with zero attached hydrogens (tertiary/aromatic N) is 3. The SMILES string of the molecule is C[C@@]12CN(Cc3ccc(N)nc3)C[C@]1(C)CN(C(=O)O)C2. The fourth-order valence-corrected chi connectivity index (χ4v) is 3.84. The molecule has 0 bridgehead atoms. The zero-order chi connectivity index (χ0) is 15.3. The summed E-state index contributed by atoms with van der Waals surface area (Å²) in [4.78, 5) is 19.3. The Kier molecular flexibility index (Phi) is 3.09. The molecule has 2 fully saturated rings. The van der Waals surface area contributed by atoms with Crippen LogP contribution in [0.5, 0.6) is 0 Å². The van der Waals surface area contributed by atoms with E-state index in [0.717, 1.165) is 25.2 Å². The summed E-state index contributed by atoms with van der Waals surface area (Å²) in [5, 5.41) is 9.22. The van der Waals surface area contributed by atoms with Crippen LogP contribution in [-0.2, 0) is 6.54 Å². The van der Waals surface area contributed by atoms with Crippen molar-refractivity contribution in [1.82, 2.24) is 14.8 Å². The van der Waals surface area contributed by atoms with Crippen LogP contribution < -0.4 is 5.73 Å². The number of hydrogen-bond donors (Lipinski definition) is 2. The van der Waals surface area contributed by atoms with Crippen LogP contribution >= 0.6 is 0 Å². The van der Waals surface area contributed by atoms with Gasteiger partial charge in [0.1, 0.15) is 5.82 Å². The number of hydrogen-bond acceptors (Lipinski definition) is 4. The molecule has 114 valence electrons. The summed E-state index contributed by atoms with van der Waals surface area (Å²) in [5.74, 6) is 0.535. The molecule has 0 radical (unpaired) electrons. The van der Waals surface area contributed by atoms with Crippen LogP contribution in [0.15, 0.2) is 18.3 Å². The van der Waals surface area contributed by atoms with Gasteiger partial charge in [-0.1, -0.05) is 19.9 Å². The molecular formula is C15H22N4O2. The second-order valence-corrected chi connectivity index (χ2v) is 7.00. The van der Waals surface area contributed by atoms with E-state index < -0.39 is 6.09 Å². The van der Waals surface area contributed by atoms with Crippen LogP contribution in [0.4, 0.5) is 10.6 Å². The number of aromatic nitrogens is 1. The van der Waals surface area contributed by atoms with Crippen molar-refractivity contribution in [2.75, 3.05) is 31.9 Å². The highest BCUT2D eigenvalue weighted by atomic mass is 16.4. The maximum Gasteiger partial charge on any atom is 0.407 e. The van der Waals surface area contributed by atoms with Crippen LogP contribution in [0.2, 0.25) is 0 Å². The smallest absolute Gasteiger partial charge is 0.407 e. The van der Waals surface area contributed by atoms with E-state index >= 15 is 0 Å². The molecule has 1 amide bonds. The Morgan fingerprint density at radius 3 is 2.38 bits per heavy atom. The molecule has 6 nitrogen and oxygen atoms in total. The van der Waals surface area contributed by atoms with Gasteiger partial charge in [-0.15, -0.1) is 0 Å². The van der Waals surface area contributed by atoms with E-state index in [0.29, 0.717) is 18.9 Å². The van der Waals surface area contributed by atoms with E-state index in [1.807, 2.05) is 18.3 Å². The molecule has 0 unspecified atom stereocenters. The first-order chi connectivity index (χ1) is 9.81. The van der Waals surface area contributed by atoms with E-state index in [1.165, 1.54) is 0 Å². The van der Waals surface area contributed by atoms with Crippen molar-refractivity contribution in [3.8, 4) is 0 Å². The Labute approximate surface area is 124 Å². The summed E-state index contributed by atoms with van der Waals surface area (Å²) in [6.07, 6.45) is 1.01. The van der Waals surface area contributed by atoms with E-state index in [2.05, 4.69) is 23.7 Å². The normalized spacial score (nSPS) is 32.4. The Morgan fingerprint density at radius 2 is 1.90 bits per heavy atom. The molecule has 2 aliphatic rings. The molecule has 3 rings (SSSR count). The zero-order valence-corrected chi connectivity index (χ0v) is 12.5. The third-order valence-electron chi connectivity index (χ3n) is 5.21. The first-order valence-electron chi connectivity index (χ1n) is 7.22. The van der Waals surface area contributed by atoms with Crippen molar-refractivity contribution < 1.29 is 9.90 Å². The molecule has 1 aromatic heterocycles. The summed E-state index contributed by atoms with van der Waals surface area (Å²) < 4.78 is 0. The van der Waals surface area contributed by atoms with E-state index in [-0.39, 0.29) is 10.8 Å². The molecule has 2 atom stereocenters. The summed E-state index contributed by atoms with van der Waals surface area (Å²) in [6, 6.07) is 3.83. The molecule has 3 N–H and O–H groups in total. The fourth-order valence-electron chi connectivity index (χ4n) is 3.84. The molecule has 3 heterocycles. The number of nitrogens with two attached hydrogens (primary N) is 1. The average Bonchev–Trinajstić information content (AvgIpc) is 2.77. The number of carboxylic acid groups (broad SMARTS) is 1. The number of carbonyl (C=O) groups is 1. The first-order valence-corrected chi connectivity index (χ1v) is 7.22. The second kappa shape index (κ2) is 4.59. The lowest BCUT2D eigenvalue weighted by atomic mass is 9.71. The minimum absolute atomic E-state index is 0.0205. The van der Waals surface area contributed by atoms with Crippen molar-refractivity contribution in [2.24, 2.45) is 10.8 Å². The molecule has 21 heavy (non-hydrogen) atoms. The maximum atomic E-state index is 11.2. The number of likely N-dealkylation sites (tertiary alicyclic amines) is 2. The summed E-state index contributed by atoms with van der Waals surface area (Å²) in [6.45, 7) is 8.32. The maximum absolute atomic E-state index is 11.2. The lowest BCUT2D eigenvalue weighted by Gasteiger charge is -2.30. The minimum Gasteiger partial charge on any atom is -0.465 e. The predicted octanol–water partition coefficient (Wildman–Crippen LogP) is 1.49. The number of amides is 1. The Bertz CT molecular complexity index is 541. The van der Waals surface area contributed by atoms with Crippen LogP contribution in [-0.4, -0.2) is 52.2 Å². The van der Waals surface area contributed by atoms with Gasteiger partial charge in [-0.3, -0.25) is 4.90 Å². The fraction of sp³-hybridized carbons (Fsp3) is 0.600. The molecule has 2 aliphatic heterocycles. The van der Waals surface area contributed by atoms with E-state index in [4.69, 9.17) is 5.73 Å². The number of fused-ring (bicyclic) bond motifs is 1. The molecule has 0 saturated carbocycles. The minimum atomic E-state index is -0.805. The summed E-state index contributed by atoms with van der Waals surface area (Å²) in [7, 11) is 0. The van der Waals surface area contributed by atoms with Gasteiger partial charge in [0.25, 0.3) is 0 Å². The van der Waals surface area contributed by atoms with Crippen molar-refractivity contribution in [1.29, 1.82) is 0 Å². The third-order valence-corrected chi connectivity index (χ3v) is 5.21. The van der Waals surface area contributed by atoms with E-state index in [1.54, 1.807) is 4.90 Å². The lowest BCUT2D eigenvalue weighted by molar-refractivity contribution is 0.143. The van der Waals surface area contributed by atoms with Gasteiger partial charge in [0, 0.05) is 49.8 Å². The highest BCUT2D eigenvalue weighted by Gasteiger charge is 2.58. The average molecular weight is 290 g/mol. The first kappa shape index (κ1) is 14.1. The Balaban J connectivity index is 1.71. The largest absolute Gasteiger partial charge is 0.465 e. The van der Waals surface area contributed by atoms with Crippen LogP contribution in [0.25, 0.3) is 0 Å². The predicted molar refractivity (Wildman–Crippen MR) is 79.7 cm³/mol. The Hall–Kier alpha value is -1.82. The number of anilines is 1. The van der Waals surface area contributed by atoms with E-state index in [9.17, 15) is 9.90 Å². The van der Waals surface area contributed by atoms with Gasteiger partial charge < -0.3 is 15.7 Å². The Morgan fingerprint density at radius 1 is 1.29 bits per heavy atom. The lowest BCUT2D eigenvalue weighted by Crippen LogP contribution is -2.34. The highest BCUT2D eigenvalue weighted by Crippen LogP contribution is 2.51. The standard InChI is InChI=1S/C15H22N4O2/c1-14-7-18(6-11-3-4-12(16)17-5-11)8-15(14,2)10-19(9-14)13(20)21/h3-5H,6-10H2,1-2H3,(H2,16,17)(H,20,21)/t14-,15+. The molecule has 6 heteroatoms. The van der Waals surface area contributed by atoms with Crippen molar-refractivity contribution in [2.45, 2.75) is 20.4 Å². The van der Waals surface area contributed by atoms with Crippen molar-refractivity contribution >= 4 is 11.9 Å². The van der Waals surface area contributed by atoms with Gasteiger partial charge in [-0.2, -0.15) is 0 Å². The topological polar surface area (TPSA) is 82.7 Å². The van der Waals surface area contributed by atoms with Crippen molar-refractivity contribution in [3.05, 3.63) is 23.9 Å². The zero-order valence-electron chi connectivity index (χ0n) is 12.5. The van der Waals surface area contributed by atoms with Gasteiger partial charge in [0.2, 0.25) is 0 Å². The summed E-state index contributed by atoms with van der Waals surface area (Å²) in [5.41, 5.74) is 6.80. The van der Waals surface area contributed by atoms with Gasteiger partial charge in [-0.25, -0.2) is 9.78 Å². The van der Waals surface area contributed by atoms with Gasteiger partial charge >= 0.3 is 6.09 Å². The molecule has 2 saturated heterocycles. The summed E-state index contributed by atoms with van der Waals surface area (Å²) >= 11 is 0. The third kappa shape index (κ3) is 2.33. The quantitative estimate of drug-likeness (QED) is 0.862. The highest BCUT2D eigenvalue weighted by molar-refractivity contribution is 5.65. The molecular weight excluding hydrogens is 268 g/mol. The number of nitrogen functional groups attached to an aromatic ring is 1. The monoisotopic (exact) mass is 290 g/mol. The number of pyridine rings is 1. The molecule has 0 spiro atoms. The molecule has 0 aromatic carbocycles. The van der Waals surface area contributed by atoms with Crippen LogP contribution in [0.3, 0.4) is 0 Å². The molecule has 0 aliphatic carbocycles. The van der Waals surface area contributed by atoms with Crippen LogP contribution in [0, 0.1) is 10.8 Å². The van der Waals surface area contributed by atoms with Crippen LogP contribution in [0.1, 0.15) is 19.4 Å². The molecule has 1 aromatic rings. The van der Waals surface area contributed by atoms with Crippen molar-refractivity contribution in [3.63, 3.8) is 0 Å².